The maximum atomic E-state index is 11.4. The lowest BCUT2D eigenvalue weighted by molar-refractivity contribution is 0.0600. The summed E-state index contributed by atoms with van der Waals surface area (Å²) in [7, 11) is 1.41. The molecule has 1 aromatic rings. The first kappa shape index (κ1) is 9.27. The Morgan fingerprint density at radius 1 is 1.64 bits per heavy atom. The molecule has 14 heavy (non-hydrogen) atoms. The molecule has 2 rings (SSSR count). The van der Waals surface area contributed by atoms with Gasteiger partial charge in [0.1, 0.15) is 0 Å². The largest absolute Gasteiger partial charge is 0.465 e. The number of rotatable bonds is 1. The van der Waals surface area contributed by atoms with Gasteiger partial charge in [0.05, 0.1) is 12.7 Å². The summed E-state index contributed by atoms with van der Waals surface area (Å²) in [6.45, 7) is 4.68. The first-order chi connectivity index (χ1) is 6.74. The number of esters is 1. The average molecular weight is 194 g/mol. The van der Waals surface area contributed by atoms with Crippen molar-refractivity contribution in [2.75, 3.05) is 13.7 Å². The van der Waals surface area contributed by atoms with Crippen LogP contribution in [0.2, 0.25) is 0 Å². The van der Waals surface area contributed by atoms with E-state index in [0.717, 1.165) is 31.0 Å². The van der Waals surface area contributed by atoms with Gasteiger partial charge in [-0.25, -0.2) is 4.79 Å². The highest BCUT2D eigenvalue weighted by atomic mass is 16.5. The van der Waals surface area contributed by atoms with Crippen molar-refractivity contribution < 1.29 is 9.53 Å². The summed E-state index contributed by atoms with van der Waals surface area (Å²) in [5.74, 6) is -0.246. The second-order valence-corrected chi connectivity index (χ2v) is 3.45. The van der Waals surface area contributed by atoms with Crippen LogP contribution in [-0.2, 0) is 17.8 Å². The van der Waals surface area contributed by atoms with Crippen molar-refractivity contribution in [3.8, 4) is 0 Å². The zero-order chi connectivity index (χ0) is 10.1. The highest BCUT2D eigenvalue weighted by Crippen LogP contribution is 2.18. The lowest BCUT2D eigenvalue weighted by atomic mass is 10.2. The van der Waals surface area contributed by atoms with E-state index in [4.69, 9.17) is 4.74 Å². The monoisotopic (exact) mass is 194 g/mol. The first-order valence-corrected chi connectivity index (χ1v) is 4.72. The van der Waals surface area contributed by atoms with Gasteiger partial charge in [-0.2, -0.15) is 0 Å². The van der Waals surface area contributed by atoms with E-state index in [1.807, 2.05) is 13.0 Å². The summed E-state index contributed by atoms with van der Waals surface area (Å²) in [6.07, 6.45) is 0. The number of aromatic nitrogens is 1. The van der Waals surface area contributed by atoms with E-state index in [2.05, 4.69) is 9.88 Å². The molecule has 76 valence electrons. The van der Waals surface area contributed by atoms with Crippen molar-refractivity contribution in [2.24, 2.45) is 0 Å². The molecular weight excluding hydrogens is 180 g/mol. The third-order valence-corrected chi connectivity index (χ3v) is 2.68. The van der Waals surface area contributed by atoms with E-state index >= 15 is 0 Å². The smallest absolute Gasteiger partial charge is 0.339 e. The Balaban J connectivity index is 2.43. The molecule has 0 aliphatic carbocycles. The molecule has 4 nitrogen and oxygen atoms in total. The van der Waals surface area contributed by atoms with Crippen LogP contribution >= 0.6 is 0 Å². The van der Waals surface area contributed by atoms with Crippen LogP contribution in [-0.4, -0.2) is 24.2 Å². The van der Waals surface area contributed by atoms with Crippen LogP contribution in [0.1, 0.15) is 21.7 Å². The fourth-order valence-corrected chi connectivity index (χ4v) is 1.89. The number of ether oxygens (including phenoxy) is 1. The third kappa shape index (κ3) is 1.32. The zero-order valence-electron chi connectivity index (χ0n) is 8.46. The molecule has 0 saturated carbocycles. The van der Waals surface area contributed by atoms with Crippen LogP contribution in [0.5, 0.6) is 0 Å². The minimum Gasteiger partial charge on any atom is -0.465 e. The van der Waals surface area contributed by atoms with Gasteiger partial charge in [0.2, 0.25) is 0 Å². The Labute approximate surface area is 82.9 Å². The van der Waals surface area contributed by atoms with E-state index in [1.165, 1.54) is 7.11 Å². The van der Waals surface area contributed by atoms with Gasteiger partial charge in [-0.3, -0.25) is 0 Å². The topological polar surface area (TPSA) is 43.3 Å². The predicted molar refractivity (Wildman–Crippen MR) is 52.2 cm³/mol. The maximum Gasteiger partial charge on any atom is 0.339 e. The summed E-state index contributed by atoms with van der Waals surface area (Å²) in [4.78, 5) is 11.4. The maximum absolute atomic E-state index is 11.4. The van der Waals surface area contributed by atoms with Crippen LogP contribution in [0.25, 0.3) is 0 Å². The van der Waals surface area contributed by atoms with E-state index in [0.29, 0.717) is 5.56 Å². The van der Waals surface area contributed by atoms with E-state index in [1.54, 1.807) is 0 Å². The van der Waals surface area contributed by atoms with E-state index in [-0.39, 0.29) is 5.97 Å². The van der Waals surface area contributed by atoms with Crippen molar-refractivity contribution in [2.45, 2.75) is 20.0 Å². The van der Waals surface area contributed by atoms with Crippen molar-refractivity contribution in [1.29, 1.82) is 0 Å². The highest BCUT2D eigenvalue weighted by Gasteiger charge is 2.19. The molecule has 4 heteroatoms. The number of hydrogen-bond donors (Lipinski definition) is 1. The molecule has 0 bridgehead atoms. The van der Waals surface area contributed by atoms with Gasteiger partial charge in [-0.05, 0) is 13.0 Å². The molecule has 0 spiro atoms. The molecule has 1 aliphatic rings. The Hall–Kier alpha value is -1.29. The molecule has 0 aromatic carbocycles. The Morgan fingerprint density at radius 3 is 3.07 bits per heavy atom. The number of nitrogens with one attached hydrogen (secondary N) is 1. The van der Waals surface area contributed by atoms with Crippen LogP contribution in [0.4, 0.5) is 0 Å². The van der Waals surface area contributed by atoms with E-state index < -0.39 is 0 Å². The van der Waals surface area contributed by atoms with Gasteiger partial charge in [0, 0.05) is 31.0 Å². The summed E-state index contributed by atoms with van der Waals surface area (Å²) in [5.41, 5.74) is 2.86. The third-order valence-electron chi connectivity index (χ3n) is 2.68. The zero-order valence-corrected chi connectivity index (χ0v) is 8.46. The van der Waals surface area contributed by atoms with Crippen LogP contribution in [0, 0.1) is 6.92 Å². The van der Waals surface area contributed by atoms with Crippen molar-refractivity contribution in [3.63, 3.8) is 0 Å². The summed E-state index contributed by atoms with van der Waals surface area (Å²) < 4.78 is 6.89. The minimum absolute atomic E-state index is 0.246. The number of carbonyl (C=O) groups excluding carboxylic acids is 1. The molecule has 0 amide bonds. The Kier molecular flexibility index (Phi) is 2.29. The molecule has 0 saturated heterocycles. The summed E-state index contributed by atoms with van der Waals surface area (Å²) in [5, 5.41) is 3.27. The van der Waals surface area contributed by atoms with Gasteiger partial charge in [-0.1, -0.05) is 0 Å². The summed E-state index contributed by atoms with van der Waals surface area (Å²) >= 11 is 0. The molecule has 1 N–H and O–H groups in total. The van der Waals surface area contributed by atoms with Crippen LogP contribution < -0.4 is 5.32 Å². The SMILES string of the molecule is COC(=O)c1cc2n(c1C)CCNC2. The van der Waals surface area contributed by atoms with E-state index in [9.17, 15) is 4.79 Å². The normalized spacial score (nSPS) is 15.0. The molecular formula is C10H14N2O2. The lowest BCUT2D eigenvalue weighted by Crippen LogP contribution is -2.28. The Morgan fingerprint density at radius 2 is 2.43 bits per heavy atom. The van der Waals surface area contributed by atoms with Gasteiger partial charge in [0.25, 0.3) is 0 Å². The molecule has 0 unspecified atom stereocenters. The molecule has 0 atom stereocenters. The van der Waals surface area contributed by atoms with Gasteiger partial charge in [0.15, 0.2) is 0 Å². The van der Waals surface area contributed by atoms with Crippen molar-refractivity contribution >= 4 is 5.97 Å². The fraction of sp³-hybridized carbons (Fsp3) is 0.500. The second kappa shape index (κ2) is 3.46. The average Bonchev–Trinajstić information content (AvgIpc) is 2.56. The standard InChI is InChI=1S/C10H14N2O2/c1-7-9(10(13)14-2)5-8-6-11-3-4-12(7)8/h5,11H,3-4,6H2,1-2H3. The van der Waals surface area contributed by atoms with Crippen molar-refractivity contribution in [3.05, 3.63) is 23.0 Å². The number of hydrogen-bond acceptors (Lipinski definition) is 3. The van der Waals surface area contributed by atoms with Crippen LogP contribution in [0.3, 0.4) is 0 Å². The summed E-state index contributed by atoms with van der Waals surface area (Å²) in [6, 6.07) is 1.91. The molecule has 0 fully saturated rings. The number of methoxy groups -OCH3 is 1. The number of nitrogens with zero attached hydrogens (tertiary/aromatic N) is 1. The lowest BCUT2D eigenvalue weighted by Gasteiger charge is -2.17. The van der Waals surface area contributed by atoms with Gasteiger partial charge in [-0.15, -0.1) is 0 Å². The second-order valence-electron chi connectivity index (χ2n) is 3.45. The van der Waals surface area contributed by atoms with Gasteiger partial charge >= 0.3 is 5.97 Å². The molecule has 0 radical (unpaired) electrons. The highest BCUT2D eigenvalue weighted by molar-refractivity contribution is 5.91. The first-order valence-electron chi connectivity index (χ1n) is 4.72. The Bertz CT molecular complexity index is 368. The quantitative estimate of drug-likeness (QED) is 0.669. The number of fused-ring (bicyclic) bond motifs is 1. The minimum atomic E-state index is -0.246. The molecule has 1 aromatic heterocycles. The fourth-order valence-electron chi connectivity index (χ4n) is 1.89. The van der Waals surface area contributed by atoms with Crippen LogP contribution in [0.15, 0.2) is 6.07 Å². The van der Waals surface area contributed by atoms with Gasteiger partial charge < -0.3 is 14.6 Å². The number of carbonyl (C=O) groups is 1. The molecule has 1 aliphatic heterocycles. The molecule has 2 heterocycles. The predicted octanol–water partition coefficient (Wildman–Crippen LogP) is 0.686. The van der Waals surface area contributed by atoms with Crippen molar-refractivity contribution in [1.82, 2.24) is 9.88 Å².